The molecule has 20 heavy (non-hydrogen) atoms. The second-order valence-corrected chi connectivity index (χ2v) is 4.48. The summed E-state index contributed by atoms with van der Waals surface area (Å²) in [7, 11) is 5.68. The van der Waals surface area contributed by atoms with Gasteiger partial charge in [-0.15, -0.1) is 0 Å². The summed E-state index contributed by atoms with van der Waals surface area (Å²) < 4.78 is 10.6. The van der Waals surface area contributed by atoms with Crippen molar-refractivity contribution in [1.29, 1.82) is 0 Å². The minimum atomic E-state index is 0.144. The normalized spacial score (nSPS) is 14.0. The van der Waals surface area contributed by atoms with Gasteiger partial charge in [0.1, 0.15) is 19.3 Å². The highest BCUT2D eigenvalue weighted by Crippen LogP contribution is 2.28. The number of rotatable bonds is 2. The predicted molar refractivity (Wildman–Crippen MR) is 77.5 cm³/mol. The molecule has 1 N–H and O–H groups in total. The van der Waals surface area contributed by atoms with Gasteiger partial charge in [0.25, 0.3) is 0 Å². The van der Waals surface area contributed by atoms with Gasteiger partial charge in [-0.05, 0) is 12.1 Å². The van der Waals surface area contributed by atoms with Crippen LogP contribution in [-0.2, 0) is 11.3 Å². The van der Waals surface area contributed by atoms with Crippen molar-refractivity contribution in [2.45, 2.75) is 6.61 Å². The summed E-state index contributed by atoms with van der Waals surface area (Å²) in [4.78, 5) is 4.33. The summed E-state index contributed by atoms with van der Waals surface area (Å²) in [5.41, 5.74) is 2.90. The Kier molecular flexibility index (Phi) is 3.43. The largest absolute Gasteiger partial charge is 0.507 e. The third-order valence-electron chi connectivity index (χ3n) is 3.01. The lowest BCUT2D eigenvalue weighted by Crippen LogP contribution is -2.10. The topological polar surface area (TPSA) is 51.1 Å². The van der Waals surface area contributed by atoms with Gasteiger partial charge in [-0.2, -0.15) is 0 Å². The van der Waals surface area contributed by atoms with Crippen LogP contribution in [0.25, 0.3) is 0 Å². The highest BCUT2D eigenvalue weighted by atomic mass is 16.7. The van der Waals surface area contributed by atoms with Crippen LogP contribution in [0.2, 0.25) is 0 Å². The Morgan fingerprint density at radius 2 is 2.10 bits per heavy atom. The molecule has 0 unspecified atom stereocenters. The van der Waals surface area contributed by atoms with Gasteiger partial charge in [0.05, 0.1) is 12.3 Å². The van der Waals surface area contributed by atoms with E-state index in [2.05, 4.69) is 4.99 Å². The van der Waals surface area contributed by atoms with E-state index in [-0.39, 0.29) is 12.5 Å². The maximum Gasteiger partial charge on any atom is 0.189 e. The molecule has 0 aliphatic carbocycles. The predicted octanol–water partition coefficient (Wildman–Crippen LogP) is 1.80. The number of phenols is 1. The lowest BCUT2D eigenvalue weighted by molar-refractivity contribution is -0.0163. The monoisotopic (exact) mass is 265 g/mol. The van der Waals surface area contributed by atoms with Crippen LogP contribution in [-0.4, -0.2) is 26.0 Å². The maximum atomic E-state index is 9.72. The minimum absolute atomic E-state index is 0.144. The number of phenolic OH excluding ortho intramolecular Hbond substituents is 1. The van der Waals surface area contributed by atoms with Crippen LogP contribution in [0.4, 0.5) is 5.69 Å². The average molecular weight is 265 g/mol. The third-order valence-corrected chi connectivity index (χ3v) is 3.01. The molecule has 0 amide bonds. The van der Waals surface area contributed by atoms with Crippen molar-refractivity contribution in [2.75, 3.05) is 6.79 Å². The summed E-state index contributed by atoms with van der Waals surface area (Å²) in [6.07, 6.45) is 1.58. The number of benzene rings is 2. The number of hydrogen-bond acceptors (Lipinski definition) is 4. The van der Waals surface area contributed by atoms with Gasteiger partial charge in [-0.1, -0.05) is 23.7 Å². The second-order valence-electron chi connectivity index (χ2n) is 4.48. The van der Waals surface area contributed by atoms with E-state index in [9.17, 15) is 5.11 Å². The summed E-state index contributed by atoms with van der Waals surface area (Å²) in [6.45, 7) is 0.811. The molecule has 98 valence electrons. The molecule has 1 heterocycles. The highest BCUT2D eigenvalue weighted by Gasteiger charge is 2.10. The van der Waals surface area contributed by atoms with Gasteiger partial charge in [0.2, 0.25) is 0 Å². The van der Waals surface area contributed by atoms with Gasteiger partial charge in [-0.25, -0.2) is 0 Å². The van der Waals surface area contributed by atoms with Crippen molar-refractivity contribution >= 4 is 25.2 Å². The van der Waals surface area contributed by atoms with E-state index in [1.54, 1.807) is 24.4 Å². The number of aliphatic imine (C=N–C) groups is 1. The Labute approximate surface area is 118 Å². The number of aromatic hydroxyl groups is 1. The molecule has 2 radical (unpaired) electrons. The van der Waals surface area contributed by atoms with Crippen molar-refractivity contribution in [1.82, 2.24) is 0 Å². The smallest absolute Gasteiger partial charge is 0.189 e. The lowest BCUT2D eigenvalue weighted by atomic mass is 9.94. The molecule has 1 aliphatic rings. The van der Waals surface area contributed by atoms with E-state index in [1.165, 1.54) is 0 Å². The number of hydrogen-bond donors (Lipinski definition) is 1. The SMILES string of the molecule is [B]c1ccc(O)c(C=Nc2ccc3c(c2)OCOC3)c1. The highest BCUT2D eigenvalue weighted by molar-refractivity contribution is 6.32. The second kappa shape index (κ2) is 5.39. The summed E-state index contributed by atoms with van der Waals surface area (Å²) >= 11 is 0. The van der Waals surface area contributed by atoms with Crippen molar-refractivity contribution in [3.05, 3.63) is 47.5 Å². The van der Waals surface area contributed by atoms with Gasteiger partial charge in [0, 0.05) is 23.4 Å². The fourth-order valence-electron chi connectivity index (χ4n) is 1.95. The Morgan fingerprint density at radius 1 is 1.20 bits per heavy atom. The van der Waals surface area contributed by atoms with Crippen LogP contribution in [0.1, 0.15) is 11.1 Å². The molecule has 5 heteroatoms. The Balaban J connectivity index is 1.87. The quantitative estimate of drug-likeness (QED) is 0.665. The molecule has 0 fully saturated rings. The maximum absolute atomic E-state index is 9.72. The molecule has 4 nitrogen and oxygen atoms in total. The van der Waals surface area contributed by atoms with Crippen LogP contribution in [0.3, 0.4) is 0 Å². The zero-order valence-electron chi connectivity index (χ0n) is 10.7. The van der Waals surface area contributed by atoms with Crippen molar-refractivity contribution < 1.29 is 14.6 Å². The molecular weight excluding hydrogens is 253 g/mol. The molecule has 3 rings (SSSR count). The molecule has 0 spiro atoms. The minimum Gasteiger partial charge on any atom is -0.507 e. The Hall–Kier alpha value is -2.27. The van der Waals surface area contributed by atoms with Crippen LogP contribution in [0.15, 0.2) is 41.4 Å². The van der Waals surface area contributed by atoms with Crippen LogP contribution >= 0.6 is 0 Å². The zero-order valence-corrected chi connectivity index (χ0v) is 10.7. The van der Waals surface area contributed by atoms with Crippen molar-refractivity contribution in [3.63, 3.8) is 0 Å². The molecule has 2 aromatic carbocycles. The zero-order chi connectivity index (χ0) is 13.9. The van der Waals surface area contributed by atoms with E-state index in [1.807, 2.05) is 18.2 Å². The fraction of sp³-hybridized carbons (Fsp3) is 0.133. The van der Waals surface area contributed by atoms with Crippen molar-refractivity contribution in [3.8, 4) is 11.5 Å². The molecule has 1 aliphatic heterocycles. The summed E-state index contributed by atoms with van der Waals surface area (Å²) in [5.74, 6) is 0.924. The van der Waals surface area contributed by atoms with Gasteiger partial charge >= 0.3 is 0 Å². The van der Waals surface area contributed by atoms with E-state index in [0.29, 0.717) is 17.6 Å². The first-order valence-corrected chi connectivity index (χ1v) is 6.18. The van der Waals surface area contributed by atoms with E-state index in [0.717, 1.165) is 17.0 Å². The molecule has 0 saturated carbocycles. The number of nitrogens with zero attached hydrogens (tertiary/aromatic N) is 1. The Bertz CT molecular complexity index is 670. The van der Waals surface area contributed by atoms with Gasteiger partial charge < -0.3 is 14.6 Å². The number of fused-ring (bicyclic) bond motifs is 1. The third kappa shape index (κ3) is 2.68. The first-order valence-electron chi connectivity index (χ1n) is 6.18. The van der Waals surface area contributed by atoms with Crippen LogP contribution < -0.4 is 10.2 Å². The fourth-order valence-corrected chi connectivity index (χ4v) is 1.95. The first-order chi connectivity index (χ1) is 9.72. The standard InChI is InChI=1S/C15H12BNO3/c16-12-2-4-14(18)11(5-12)7-17-13-3-1-10-8-19-9-20-15(10)6-13/h1-7,18H,8-9H2. The van der Waals surface area contributed by atoms with E-state index < -0.39 is 0 Å². The Morgan fingerprint density at radius 3 is 3.00 bits per heavy atom. The van der Waals surface area contributed by atoms with Crippen molar-refractivity contribution in [2.24, 2.45) is 4.99 Å². The summed E-state index contributed by atoms with van der Waals surface area (Å²) in [5, 5.41) is 9.72. The molecule has 0 bridgehead atoms. The van der Waals surface area contributed by atoms with E-state index in [4.69, 9.17) is 17.3 Å². The van der Waals surface area contributed by atoms with Crippen LogP contribution in [0, 0.1) is 0 Å². The first kappa shape index (κ1) is 12.8. The summed E-state index contributed by atoms with van der Waals surface area (Å²) in [6, 6.07) is 10.5. The molecule has 0 aromatic heterocycles. The average Bonchev–Trinajstić information content (AvgIpc) is 2.48. The van der Waals surface area contributed by atoms with E-state index >= 15 is 0 Å². The lowest BCUT2D eigenvalue weighted by Gasteiger charge is -2.17. The van der Waals surface area contributed by atoms with Gasteiger partial charge in [-0.3, -0.25) is 4.99 Å². The molecule has 2 aromatic rings. The molecule has 0 saturated heterocycles. The molecule has 0 atom stereocenters. The van der Waals surface area contributed by atoms with Gasteiger partial charge in [0.15, 0.2) is 6.79 Å². The molecular formula is C15H12BNO3. The number of ether oxygens (including phenoxy) is 2. The van der Waals surface area contributed by atoms with Crippen LogP contribution in [0.5, 0.6) is 11.5 Å².